The van der Waals surface area contributed by atoms with Crippen LogP contribution in [0.15, 0.2) is 36.5 Å². The number of alkyl halides is 2. The number of hydrogen-bond donors (Lipinski definition) is 1. The zero-order chi connectivity index (χ0) is 15.5. The maximum atomic E-state index is 13.4. The summed E-state index contributed by atoms with van der Waals surface area (Å²) in [4.78, 5) is 2.13. The summed E-state index contributed by atoms with van der Waals surface area (Å²) >= 11 is 0. The molecule has 126 valence electrons. The van der Waals surface area contributed by atoms with Crippen molar-refractivity contribution in [1.29, 1.82) is 0 Å². The highest BCUT2D eigenvalue weighted by atomic mass is 35.5. The fourth-order valence-corrected chi connectivity index (χ4v) is 2.76. The van der Waals surface area contributed by atoms with Gasteiger partial charge in [0.05, 0.1) is 5.69 Å². The van der Waals surface area contributed by atoms with Crippen LogP contribution in [-0.2, 0) is 6.54 Å². The van der Waals surface area contributed by atoms with Crippen LogP contribution in [0.2, 0.25) is 0 Å². The van der Waals surface area contributed by atoms with Gasteiger partial charge in [0, 0.05) is 38.4 Å². The Bertz CT molecular complexity index is 635. The molecule has 0 spiro atoms. The van der Waals surface area contributed by atoms with Gasteiger partial charge in [-0.25, -0.2) is 9.07 Å². The Labute approximate surface area is 138 Å². The van der Waals surface area contributed by atoms with Crippen LogP contribution in [0.1, 0.15) is 23.8 Å². The highest BCUT2D eigenvalue weighted by Crippen LogP contribution is 2.24. The van der Waals surface area contributed by atoms with E-state index in [0.717, 1.165) is 18.7 Å². The van der Waals surface area contributed by atoms with E-state index in [1.165, 1.54) is 18.3 Å². The number of piperazine rings is 1. The second kappa shape index (κ2) is 7.81. The summed E-state index contributed by atoms with van der Waals surface area (Å²) in [5.74, 6) is -0.273. The molecule has 2 aromatic rings. The van der Waals surface area contributed by atoms with Gasteiger partial charge < -0.3 is 5.32 Å². The number of nitrogens with zero attached hydrogens (tertiary/aromatic N) is 3. The molecule has 1 unspecified atom stereocenters. The Morgan fingerprint density at radius 1 is 1.30 bits per heavy atom. The Hall–Kier alpha value is -1.57. The van der Waals surface area contributed by atoms with E-state index in [1.54, 1.807) is 12.1 Å². The van der Waals surface area contributed by atoms with E-state index in [-0.39, 0.29) is 24.3 Å². The molecule has 4 nitrogen and oxygen atoms in total. The van der Waals surface area contributed by atoms with Crippen LogP contribution < -0.4 is 5.32 Å². The molecular weight excluding hydrogens is 329 g/mol. The maximum Gasteiger partial charge on any atom is 0.333 e. The molecule has 1 aliphatic rings. The van der Waals surface area contributed by atoms with Crippen LogP contribution in [-0.4, -0.2) is 34.3 Å². The first kappa shape index (κ1) is 17.8. The molecule has 1 N–H and O–H groups in total. The van der Waals surface area contributed by atoms with Crippen molar-refractivity contribution in [1.82, 2.24) is 20.0 Å². The van der Waals surface area contributed by atoms with Gasteiger partial charge in [-0.3, -0.25) is 4.90 Å². The van der Waals surface area contributed by atoms with Crippen LogP contribution in [0.25, 0.3) is 0 Å². The number of benzene rings is 1. The van der Waals surface area contributed by atoms with E-state index in [0.29, 0.717) is 23.5 Å². The van der Waals surface area contributed by atoms with Crippen molar-refractivity contribution < 1.29 is 13.2 Å². The summed E-state index contributed by atoms with van der Waals surface area (Å²) in [5, 5.41) is 7.16. The van der Waals surface area contributed by atoms with Gasteiger partial charge in [-0.2, -0.15) is 13.9 Å². The molecule has 1 atom stereocenters. The van der Waals surface area contributed by atoms with E-state index in [1.807, 2.05) is 6.07 Å². The number of nitrogens with one attached hydrogen (secondary N) is 1. The molecule has 1 aliphatic heterocycles. The van der Waals surface area contributed by atoms with E-state index < -0.39 is 6.55 Å². The van der Waals surface area contributed by atoms with Gasteiger partial charge in [-0.1, -0.05) is 12.1 Å². The monoisotopic (exact) mass is 346 g/mol. The third-order valence-corrected chi connectivity index (χ3v) is 3.82. The van der Waals surface area contributed by atoms with Gasteiger partial charge in [-0.05, 0) is 23.8 Å². The smallest absolute Gasteiger partial charge is 0.314 e. The second-order valence-corrected chi connectivity index (χ2v) is 5.31. The third-order valence-electron chi connectivity index (χ3n) is 3.82. The highest BCUT2D eigenvalue weighted by molar-refractivity contribution is 5.85. The SMILES string of the molecule is Cl.Fc1cccc(C2CNCCN2Cc2ccn(C(F)F)n2)c1. The van der Waals surface area contributed by atoms with Gasteiger partial charge in [0.1, 0.15) is 5.82 Å². The van der Waals surface area contributed by atoms with Gasteiger partial charge in [0.2, 0.25) is 0 Å². The Kier molecular flexibility index (Phi) is 6.04. The average Bonchev–Trinajstić information content (AvgIpc) is 2.97. The van der Waals surface area contributed by atoms with E-state index >= 15 is 0 Å². The first-order chi connectivity index (χ1) is 10.6. The lowest BCUT2D eigenvalue weighted by atomic mass is 10.0. The van der Waals surface area contributed by atoms with Crippen molar-refractivity contribution in [2.24, 2.45) is 0 Å². The lowest BCUT2D eigenvalue weighted by Gasteiger charge is -2.36. The molecule has 1 fully saturated rings. The molecule has 3 rings (SSSR count). The number of aromatic nitrogens is 2. The number of halogens is 4. The van der Waals surface area contributed by atoms with Gasteiger partial charge >= 0.3 is 6.55 Å². The van der Waals surface area contributed by atoms with E-state index in [2.05, 4.69) is 15.3 Å². The van der Waals surface area contributed by atoms with Crippen LogP contribution in [0.3, 0.4) is 0 Å². The third kappa shape index (κ3) is 4.25. The molecule has 1 aromatic heterocycles. The molecule has 0 radical (unpaired) electrons. The summed E-state index contributed by atoms with van der Waals surface area (Å²) in [6.45, 7) is 0.0851. The lowest BCUT2D eigenvalue weighted by molar-refractivity contribution is 0.0553. The summed E-state index contributed by atoms with van der Waals surface area (Å²) < 4.78 is 39.2. The second-order valence-electron chi connectivity index (χ2n) is 5.31. The van der Waals surface area contributed by atoms with Crippen LogP contribution >= 0.6 is 12.4 Å². The Balaban J connectivity index is 0.00000192. The van der Waals surface area contributed by atoms with Crippen LogP contribution in [0.4, 0.5) is 13.2 Å². The molecule has 0 aliphatic carbocycles. The van der Waals surface area contributed by atoms with Crippen LogP contribution in [0, 0.1) is 5.82 Å². The van der Waals surface area contributed by atoms with E-state index in [9.17, 15) is 13.2 Å². The summed E-state index contributed by atoms with van der Waals surface area (Å²) in [7, 11) is 0. The predicted molar refractivity (Wildman–Crippen MR) is 83.1 cm³/mol. The standard InChI is InChI=1S/C15H17F3N4.ClH/c16-12-3-1-2-11(8-12)14-9-19-5-7-21(14)10-13-4-6-22(20-13)15(17)18;/h1-4,6,8,14-15,19H,5,7,9-10H2;1H. The molecule has 23 heavy (non-hydrogen) atoms. The average molecular weight is 347 g/mol. The summed E-state index contributed by atoms with van der Waals surface area (Å²) in [6, 6.07) is 8.09. The van der Waals surface area contributed by atoms with Crippen molar-refractivity contribution in [3.63, 3.8) is 0 Å². The van der Waals surface area contributed by atoms with Gasteiger partial charge in [0.15, 0.2) is 0 Å². The molecule has 8 heteroatoms. The summed E-state index contributed by atoms with van der Waals surface area (Å²) in [6.07, 6.45) is 1.28. The number of hydrogen-bond acceptors (Lipinski definition) is 3. The van der Waals surface area contributed by atoms with Gasteiger partial charge in [0.25, 0.3) is 0 Å². The zero-order valence-electron chi connectivity index (χ0n) is 12.3. The highest BCUT2D eigenvalue weighted by Gasteiger charge is 2.25. The van der Waals surface area contributed by atoms with Gasteiger partial charge in [-0.15, -0.1) is 12.4 Å². The predicted octanol–water partition coefficient (Wildman–Crippen LogP) is 2.99. The normalized spacial score (nSPS) is 18.9. The molecule has 1 saturated heterocycles. The molecule has 2 heterocycles. The fourth-order valence-electron chi connectivity index (χ4n) is 2.76. The van der Waals surface area contributed by atoms with Crippen LogP contribution in [0.5, 0.6) is 0 Å². The lowest BCUT2D eigenvalue weighted by Crippen LogP contribution is -2.45. The van der Waals surface area contributed by atoms with Crippen molar-refractivity contribution in [3.8, 4) is 0 Å². The van der Waals surface area contributed by atoms with Crippen molar-refractivity contribution >= 4 is 12.4 Å². The number of rotatable bonds is 4. The summed E-state index contributed by atoms with van der Waals surface area (Å²) in [5.41, 5.74) is 1.46. The molecule has 0 saturated carbocycles. The molecule has 1 aromatic carbocycles. The van der Waals surface area contributed by atoms with Crippen molar-refractivity contribution in [2.75, 3.05) is 19.6 Å². The molecular formula is C15H18ClF3N4. The quantitative estimate of drug-likeness (QED) is 0.924. The zero-order valence-corrected chi connectivity index (χ0v) is 13.1. The minimum atomic E-state index is -2.63. The molecule has 0 bridgehead atoms. The first-order valence-electron chi connectivity index (χ1n) is 7.16. The Morgan fingerprint density at radius 3 is 2.83 bits per heavy atom. The minimum absolute atomic E-state index is 0. The van der Waals surface area contributed by atoms with E-state index in [4.69, 9.17) is 0 Å². The van der Waals surface area contributed by atoms with Crippen molar-refractivity contribution in [3.05, 3.63) is 53.6 Å². The van der Waals surface area contributed by atoms with Crippen molar-refractivity contribution in [2.45, 2.75) is 19.1 Å². The topological polar surface area (TPSA) is 33.1 Å². The molecule has 0 amide bonds. The maximum absolute atomic E-state index is 13.4. The largest absolute Gasteiger partial charge is 0.333 e. The first-order valence-corrected chi connectivity index (χ1v) is 7.16. The fraction of sp³-hybridized carbons (Fsp3) is 0.400. The minimum Gasteiger partial charge on any atom is -0.314 e. The Morgan fingerprint density at radius 2 is 2.13 bits per heavy atom.